The van der Waals surface area contributed by atoms with Crippen molar-refractivity contribution in [2.45, 2.75) is 33.0 Å². The third-order valence-corrected chi connectivity index (χ3v) is 3.49. The van der Waals surface area contributed by atoms with Crippen molar-refractivity contribution in [2.24, 2.45) is 0 Å². The van der Waals surface area contributed by atoms with Gasteiger partial charge in [0.1, 0.15) is 5.75 Å². The van der Waals surface area contributed by atoms with Gasteiger partial charge in [-0.25, -0.2) is 4.79 Å². The molecule has 4 nitrogen and oxygen atoms in total. The summed E-state index contributed by atoms with van der Waals surface area (Å²) in [6.07, 6.45) is 1.31. The molecule has 7 heteroatoms. The van der Waals surface area contributed by atoms with E-state index in [1.807, 2.05) is 0 Å². The predicted molar refractivity (Wildman–Crippen MR) is 83.4 cm³/mol. The van der Waals surface area contributed by atoms with E-state index in [9.17, 15) is 4.79 Å². The smallest absolute Gasteiger partial charge is 0.346 e. The fourth-order valence-electron chi connectivity index (χ4n) is 1.40. The molecule has 0 heterocycles. The number of benzene rings is 1. The average molecular weight is 356 g/mol. The van der Waals surface area contributed by atoms with Gasteiger partial charge in [-0.2, -0.15) is 0 Å². The molecule has 118 valence electrons. The standard InChI is InChI=1S/C14H17Cl3O4/c1-3-4-5-19-9(2)21-14(18)8-20-13-7-11(16)10(15)6-12(13)17/h6-7,9H,3-5,8H2,1-2H3. The van der Waals surface area contributed by atoms with E-state index < -0.39 is 12.3 Å². The van der Waals surface area contributed by atoms with Crippen molar-refractivity contribution in [3.05, 3.63) is 27.2 Å². The molecule has 1 aromatic carbocycles. The van der Waals surface area contributed by atoms with Gasteiger partial charge in [0.15, 0.2) is 12.9 Å². The zero-order valence-electron chi connectivity index (χ0n) is 11.8. The lowest BCUT2D eigenvalue weighted by molar-refractivity contribution is -0.177. The molecule has 0 amide bonds. The summed E-state index contributed by atoms with van der Waals surface area (Å²) >= 11 is 17.6. The molecule has 1 unspecified atom stereocenters. The fourth-order valence-corrected chi connectivity index (χ4v) is 1.99. The summed E-state index contributed by atoms with van der Waals surface area (Å²) in [4.78, 5) is 11.6. The first-order valence-electron chi connectivity index (χ1n) is 6.52. The Morgan fingerprint density at radius 1 is 1.19 bits per heavy atom. The van der Waals surface area contributed by atoms with E-state index in [1.54, 1.807) is 6.92 Å². The van der Waals surface area contributed by atoms with Crippen LogP contribution in [-0.4, -0.2) is 25.5 Å². The van der Waals surface area contributed by atoms with Gasteiger partial charge in [0.2, 0.25) is 0 Å². The van der Waals surface area contributed by atoms with Gasteiger partial charge >= 0.3 is 5.97 Å². The van der Waals surface area contributed by atoms with E-state index in [4.69, 9.17) is 49.0 Å². The number of hydrogen-bond acceptors (Lipinski definition) is 4. The molecule has 0 radical (unpaired) electrons. The van der Waals surface area contributed by atoms with Gasteiger partial charge in [-0.15, -0.1) is 0 Å². The number of esters is 1. The van der Waals surface area contributed by atoms with Crippen molar-refractivity contribution in [2.75, 3.05) is 13.2 Å². The molecule has 0 saturated heterocycles. The number of hydrogen-bond donors (Lipinski definition) is 0. The Morgan fingerprint density at radius 2 is 1.86 bits per heavy atom. The van der Waals surface area contributed by atoms with Gasteiger partial charge in [-0.3, -0.25) is 0 Å². The lowest BCUT2D eigenvalue weighted by Gasteiger charge is -2.14. The maximum absolute atomic E-state index is 11.6. The van der Waals surface area contributed by atoms with Crippen LogP contribution in [0.5, 0.6) is 5.75 Å². The van der Waals surface area contributed by atoms with Crippen LogP contribution in [0.1, 0.15) is 26.7 Å². The molecule has 0 aliphatic heterocycles. The quantitative estimate of drug-likeness (QED) is 0.293. The molecular formula is C14H17Cl3O4. The van der Waals surface area contributed by atoms with Gasteiger partial charge in [-0.05, 0) is 19.4 Å². The second-order valence-electron chi connectivity index (χ2n) is 4.27. The Balaban J connectivity index is 2.41. The molecule has 0 aliphatic rings. The molecule has 0 bridgehead atoms. The van der Waals surface area contributed by atoms with Gasteiger partial charge in [0, 0.05) is 6.07 Å². The minimum Gasteiger partial charge on any atom is -0.480 e. The third kappa shape index (κ3) is 6.74. The first-order chi connectivity index (χ1) is 9.93. The molecule has 0 fully saturated rings. The SMILES string of the molecule is CCCCOC(C)OC(=O)COc1cc(Cl)c(Cl)cc1Cl. The van der Waals surface area contributed by atoms with E-state index in [2.05, 4.69) is 6.92 Å². The summed E-state index contributed by atoms with van der Waals surface area (Å²) in [5.41, 5.74) is 0. The number of carbonyl (C=O) groups excluding carboxylic acids is 1. The second-order valence-corrected chi connectivity index (χ2v) is 5.49. The van der Waals surface area contributed by atoms with Crippen LogP contribution in [-0.2, 0) is 14.3 Å². The van der Waals surface area contributed by atoms with Gasteiger partial charge < -0.3 is 14.2 Å². The van der Waals surface area contributed by atoms with Crippen LogP contribution in [0.15, 0.2) is 12.1 Å². The van der Waals surface area contributed by atoms with Crippen molar-refractivity contribution < 1.29 is 19.0 Å². The van der Waals surface area contributed by atoms with Crippen molar-refractivity contribution in [3.63, 3.8) is 0 Å². The monoisotopic (exact) mass is 354 g/mol. The molecule has 0 saturated carbocycles. The van der Waals surface area contributed by atoms with Gasteiger partial charge in [0.05, 0.1) is 21.7 Å². The molecule has 1 atom stereocenters. The molecule has 0 aliphatic carbocycles. The topological polar surface area (TPSA) is 44.8 Å². The van der Waals surface area contributed by atoms with Crippen LogP contribution in [0, 0.1) is 0 Å². The zero-order valence-corrected chi connectivity index (χ0v) is 14.1. The summed E-state index contributed by atoms with van der Waals surface area (Å²) < 4.78 is 15.6. The predicted octanol–water partition coefficient (Wildman–Crippen LogP) is 4.73. The molecular weight excluding hydrogens is 339 g/mol. The molecule has 0 spiro atoms. The molecule has 1 rings (SSSR count). The zero-order chi connectivity index (χ0) is 15.8. The molecule has 0 aromatic heterocycles. The summed E-state index contributed by atoms with van der Waals surface area (Å²) in [5.74, 6) is -0.288. The Kier molecular flexibility index (Phi) is 8.19. The van der Waals surface area contributed by atoms with Gasteiger partial charge in [-0.1, -0.05) is 48.1 Å². The van der Waals surface area contributed by atoms with Crippen molar-refractivity contribution in [1.82, 2.24) is 0 Å². The Morgan fingerprint density at radius 3 is 2.52 bits per heavy atom. The summed E-state index contributed by atoms with van der Waals surface area (Å²) in [6.45, 7) is 3.96. The summed E-state index contributed by atoms with van der Waals surface area (Å²) in [7, 11) is 0. The summed E-state index contributed by atoms with van der Waals surface area (Å²) in [6, 6.07) is 2.89. The lowest BCUT2D eigenvalue weighted by atomic mass is 10.3. The Labute approximate surface area is 139 Å². The number of halogens is 3. The first kappa shape index (κ1) is 18.4. The Hall–Kier alpha value is -0.680. The number of carbonyl (C=O) groups is 1. The van der Waals surface area contributed by atoms with E-state index >= 15 is 0 Å². The van der Waals surface area contributed by atoms with E-state index in [0.717, 1.165) is 12.8 Å². The second kappa shape index (κ2) is 9.36. The van der Waals surface area contributed by atoms with E-state index in [0.29, 0.717) is 16.7 Å². The number of unbranched alkanes of at least 4 members (excludes halogenated alkanes) is 1. The van der Waals surface area contributed by atoms with Crippen LogP contribution in [0.3, 0.4) is 0 Å². The summed E-state index contributed by atoms with van der Waals surface area (Å²) in [5, 5.41) is 0.875. The Bertz CT molecular complexity index is 480. The molecule has 0 N–H and O–H groups in total. The highest BCUT2D eigenvalue weighted by molar-refractivity contribution is 6.43. The first-order valence-corrected chi connectivity index (χ1v) is 7.65. The normalized spacial score (nSPS) is 12.0. The van der Waals surface area contributed by atoms with Crippen LogP contribution in [0.2, 0.25) is 15.1 Å². The van der Waals surface area contributed by atoms with Crippen molar-refractivity contribution >= 4 is 40.8 Å². The minimum absolute atomic E-state index is 0.266. The van der Waals surface area contributed by atoms with Crippen LogP contribution in [0.4, 0.5) is 0 Å². The average Bonchev–Trinajstić information content (AvgIpc) is 2.41. The lowest BCUT2D eigenvalue weighted by Crippen LogP contribution is -2.23. The highest BCUT2D eigenvalue weighted by atomic mass is 35.5. The minimum atomic E-state index is -0.614. The fraction of sp³-hybridized carbons (Fsp3) is 0.500. The van der Waals surface area contributed by atoms with E-state index in [-0.39, 0.29) is 17.4 Å². The van der Waals surface area contributed by atoms with Gasteiger partial charge in [0.25, 0.3) is 0 Å². The number of rotatable bonds is 8. The largest absolute Gasteiger partial charge is 0.480 e. The third-order valence-electron chi connectivity index (χ3n) is 2.47. The molecule has 1 aromatic rings. The van der Waals surface area contributed by atoms with Crippen molar-refractivity contribution in [1.29, 1.82) is 0 Å². The van der Waals surface area contributed by atoms with Crippen molar-refractivity contribution in [3.8, 4) is 5.75 Å². The molecule has 21 heavy (non-hydrogen) atoms. The van der Waals surface area contributed by atoms with Crippen LogP contribution >= 0.6 is 34.8 Å². The van der Waals surface area contributed by atoms with Crippen LogP contribution < -0.4 is 4.74 Å². The maximum atomic E-state index is 11.6. The van der Waals surface area contributed by atoms with E-state index in [1.165, 1.54) is 12.1 Å². The maximum Gasteiger partial charge on any atom is 0.346 e. The van der Waals surface area contributed by atoms with Crippen LogP contribution in [0.25, 0.3) is 0 Å². The highest BCUT2D eigenvalue weighted by Crippen LogP contribution is 2.33. The highest BCUT2D eigenvalue weighted by Gasteiger charge is 2.13. The number of ether oxygens (including phenoxy) is 3.